The van der Waals surface area contributed by atoms with Crippen LogP contribution in [0.15, 0.2) is 23.8 Å². The second-order valence-electron chi connectivity index (χ2n) is 2.53. The molecule has 0 aromatic carbocycles. The third-order valence-electron chi connectivity index (χ3n) is 1.54. The smallest absolute Gasteiger partial charge is 0.0130 e. The highest BCUT2D eigenvalue weighted by Crippen LogP contribution is 2.18. The normalized spacial score (nSPS) is 17.6. The lowest BCUT2D eigenvalue weighted by atomic mass is 10.0. The van der Waals surface area contributed by atoms with E-state index in [1.54, 1.807) is 5.57 Å². The van der Waals surface area contributed by atoms with Gasteiger partial charge in [-0.2, -0.15) is 0 Å². The minimum absolute atomic E-state index is 0.741. The number of rotatable bonds is 1. The first-order valence-corrected chi connectivity index (χ1v) is 3.16. The highest BCUT2D eigenvalue weighted by molar-refractivity contribution is 5.23. The molecule has 0 spiro atoms. The fourth-order valence-corrected chi connectivity index (χ4v) is 0.892. The fraction of sp³-hybridized carbons (Fsp3) is 0.500. The van der Waals surface area contributed by atoms with E-state index in [4.69, 9.17) is 0 Å². The number of hydrogen-bond donors (Lipinski definition) is 0. The molecule has 0 amide bonds. The highest BCUT2D eigenvalue weighted by atomic mass is 14.1. The molecule has 1 aliphatic carbocycles. The van der Waals surface area contributed by atoms with Crippen molar-refractivity contribution < 1.29 is 0 Å². The summed E-state index contributed by atoms with van der Waals surface area (Å²) in [7, 11) is 0. The maximum absolute atomic E-state index is 2.23. The fourth-order valence-electron chi connectivity index (χ4n) is 0.892. The van der Waals surface area contributed by atoms with Gasteiger partial charge < -0.3 is 0 Å². The van der Waals surface area contributed by atoms with Crippen molar-refractivity contribution in [3.8, 4) is 0 Å². The summed E-state index contributed by atoms with van der Waals surface area (Å²) in [5, 5.41) is 0. The Hall–Kier alpha value is -0.520. The standard InChI is InChI=1S/C8H12/c1-7(2)8-5-3-4-6-8/h3-5,7H,6H2,1-2H3. The molecule has 0 heterocycles. The molecule has 0 saturated heterocycles. The van der Waals surface area contributed by atoms with Gasteiger partial charge in [-0.05, 0) is 12.3 Å². The monoisotopic (exact) mass is 108 g/mol. The van der Waals surface area contributed by atoms with Crippen molar-refractivity contribution in [2.75, 3.05) is 0 Å². The van der Waals surface area contributed by atoms with Gasteiger partial charge in [-0.15, -0.1) is 0 Å². The van der Waals surface area contributed by atoms with E-state index in [9.17, 15) is 0 Å². The van der Waals surface area contributed by atoms with Crippen molar-refractivity contribution in [2.24, 2.45) is 5.92 Å². The molecule has 0 unspecified atom stereocenters. The summed E-state index contributed by atoms with van der Waals surface area (Å²) in [6.45, 7) is 4.47. The van der Waals surface area contributed by atoms with Gasteiger partial charge in [0.1, 0.15) is 0 Å². The van der Waals surface area contributed by atoms with Crippen LogP contribution in [0.25, 0.3) is 0 Å². The van der Waals surface area contributed by atoms with Crippen molar-refractivity contribution >= 4 is 0 Å². The topological polar surface area (TPSA) is 0 Å². The maximum Gasteiger partial charge on any atom is -0.0130 e. The lowest BCUT2D eigenvalue weighted by Crippen LogP contribution is -1.88. The van der Waals surface area contributed by atoms with Crippen LogP contribution < -0.4 is 0 Å². The summed E-state index contributed by atoms with van der Waals surface area (Å²) in [5.74, 6) is 0.741. The molecule has 1 aliphatic rings. The molecule has 0 radical (unpaired) electrons. The Morgan fingerprint density at radius 3 is 2.50 bits per heavy atom. The molecule has 1 rings (SSSR count). The van der Waals surface area contributed by atoms with Crippen molar-refractivity contribution in [3.05, 3.63) is 23.8 Å². The molecular weight excluding hydrogens is 96.1 g/mol. The zero-order valence-electron chi connectivity index (χ0n) is 5.52. The van der Waals surface area contributed by atoms with Gasteiger partial charge >= 0.3 is 0 Å². The van der Waals surface area contributed by atoms with E-state index in [1.807, 2.05) is 0 Å². The Bertz CT molecular complexity index is 127. The first-order valence-electron chi connectivity index (χ1n) is 3.16. The number of hydrogen-bond acceptors (Lipinski definition) is 0. The zero-order chi connectivity index (χ0) is 5.98. The molecule has 0 bridgehead atoms. The van der Waals surface area contributed by atoms with E-state index in [-0.39, 0.29) is 0 Å². The van der Waals surface area contributed by atoms with Crippen LogP contribution in [-0.2, 0) is 0 Å². The first kappa shape index (κ1) is 5.61. The third kappa shape index (κ3) is 1.00. The van der Waals surface area contributed by atoms with Crippen LogP contribution in [0.3, 0.4) is 0 Å². The molecule has 8 heavy (non-hydrogen) atoms. The first-order chi connectivity index (χ1) is 3.80. The van der Waals surface area contributed by atoms with E-state index in [2.05, 4.69) is 32.1 Å². The summed E-state index contributed by atoms with van der Waals surface area (Å²) in [6, 6.07) is 0. The van der Waals surface area contributed by atoms with Crippen LogP contribution in [0.5, 0.6) is 0 Å². The Balaban J connectivity index is 2.51. The summed E-state index contributed by atoms with van der Waals surface area (Å²) < 4.78 is 0. The predicted molar refractivity (Wildman–Crippen MR) is 36.7 cm³/mol. The van der Waals surface area contributed by atoms with Crippen LogP contribution in [0, 0.1) is 5.92 Å². The summed E-state index contributed by atoms with van der Waals surface area (Å²) >= 11 is 0. The van der Waals surface area contributed by atoms with Gasteiger partial charge in [-0.25, -0.2) is 0 Å². The Morgan fingerprint density at radius 1 is 1.50 bits per heavy atom. The van der Waals surface area contributed by atoms with E-state index >= 15 is 0 Å². The molecule has 0 saturated carbocycles. The molecule has 0 aromatic rings. The average Bonchev–Trinajstić information content (AvgIpc) is 2.12. The second kappa shape index (κ2) is 2.17. The zero-order valence-corrected chi connectivity index (χ0v) is 5.52. The van der Waals surface area contributed by atoms with Gasteiger partial charge in [-0.3, -0.25) is 0 Å². The maximum atomic E-state index is 2.23. The van der Waals surface area contributed by atoms with Gasteiger partial charge in [-0.1, -0.05) is 37.6 Å². The van der Waals surface area contributed by atoms with E-state index in [1.165, 1.54) is 6.42 Å². The van der Waals surface area contributed by atoms with Gasteiger partial charge in [0.25, 0.3) is 0 Å². The van der Waals surface area contributed by atoms with Crippen molar-refractivity contribution in [2.45, 2.75) is 20.3 Å². The second-order valence-corrected chi connectivity index (χ2v) is 2.53. The van der Waals surface area contributed by atoms with E-state index < -0.39 is 0 Å². The molecular formula is C8H12. The quantitative estimate of drug-likeness (QED) is 0.484. The Kier molecular flexibility index (Phi) is 1.52. The molecule has 0 aliphatic heterocycles. The largest absolute Gasteiger partial charge is 0.0805 e. The molecule has 0 nitrogen and oxygen atoms in total. The van der Waals surface area contributed by atoms with E-state index in [0.29, 0.717) is 0 Å². The average molecular weight is 108 g/mol. The third-order valence-corrected chi connectivity index (χ3v) is 1.54. The van der Waals surface area contributed by atoms with Crippen LogP contribution >= 0.6 is 0 Å². The van der Waals surface area contributed by atoms with Gasteiger partial charge in [0.15, 0.2) is 0 Å². The van der Waals surface area contributed by atoms with Crippen LogP contribution in [0.2, 0.25) is 0 Å². The summed E-state index contributed by atoms with van der Waals surface area (Å²) in [5.41, 5.74) is 1.56. The molecule has 0 heteroatoms. The lowest BCUT2D eigenvalue weighted by Gasteiger charge is -2.02. The molecule has 0 atom stereocenters. The van der Waals surface area contributed by atoms with Gasteiger partial charge in [0.2, 0.25) is 0 Å². The summed E-state index contributed by atoms with van der Waals surface area (Å²) in [4.78, 5) is 0. The van der Waals surface area contributed by atoms with Crippen molar-refractivity contribution in [1.29, 1.82) is 0 Å². The molecule has 0 aromatic heterocycles. The lowest BCUT2D eigenvalue weighted by molar-refractivity contribution is 0.753. The van der Waals surface area contributed by atoms with Crippen LogP contribution in [0.1, 0.15) is 20.3 Å². The number of allylic oxidation sites excluding steroid dienone is 4. The summed E-state index contributed by atoms with van der Waals surface area (Å²) in [6.07, 6.45) is 7.73. The minimum atomic E-state index is 0.741. The highest BCUT2D eigenvalue weighted by Gasteiger charge is 2.01. The SMILES string of the molecule is CC(C)C1=CC=CC1. The Labute approximate surface area is 50.9 Å². The molecule has 0 fully saturated rings. The molecule has 44 valence electrons. The minimum Gasteiger partial charge on any atom is -0.0805 e. The molecule has 0 N–H and O–H groups in total. The van der Waals surface area contributed by atoms with Crippen LogP contribution in [-0.4, -0.2) is 0 Å². The van der Waals surface area contributed by atoms with Crippen molar-refractivity contribution in [1.82, 2.24) is 0 Å². The Morgan fingerprint density at radius 2 is 2.25 bits per heavy atom. The predicted octanol–water partition coefficient (Wildman–Crippen LogP) is 2.53. The van der Waals surface area contributed by atoms with Gasteiger partial charge in [0.05, 0.1) is 0 Å². The van der Waals surface area contributed by atoms with Crippen LogP contribution in [0.4, 0.5) is 0 Å². The van der Waals surface area contributed by atoms with E-state index in [0.717, 1.165) is 5.92 Å². The van der Waals surface area contributed by atoms with Gasteiger partial charge in [0, 0.05) is 0 Å². The van der Waals surface area contributed by atoms with Crippen molar-refractivity contribution in [3.63, 3.8) is 0 Å².